The molecule has 1 amide bonds. The van der Waals surface area contributed by atoms with Gasteiger partial charge >= 0.3 is 0 Å². The molecule has 2 rings (SSSR count). The van der Waals surface area contributed by atoms with Gasteiger partial charge in [0.05, 0.1) is 17.3 Å². The average Bonchev–Trinajstić information content (AvgIpc) is 2.23. The van der Waals surface area contributed by atoms with E-state index >= 15 is 0 Å². The first kappa shape index (κ1) is 10.5. The summed E-state index contributed by atoms with van der Waals surface area (Å²) in [5.74, 6) is -0.0336. The molecule has 0 N–H and O–H groups in total. The van der Waals surface area contributed by atoms with Crippen molar-refractivity contribution in [3.63, 3.8) is 0 Å². The first-order valence-corrected chi connectivity index (χ1v) is 5.20. The summed E-state index contributed by atoms with van der Waals surface area (Å²) in [6.07, 6.45) is 0. The number of aryl methyl sites for hydroxylation is 1. The third kappa shape index (κ3) is 2.13. The lowest BCUT2D eigenvalue weighted by Crippen LogP contribution is -2.41. The fourth-order valence-corrected chi connectivity index (χ4v) is 1.82. The first-order chi connectivity index (χ1) is 7.18. The molecule has 4 heteroatoms. The van der Waals surface area contributed by atoms with Gasteiger partial charge in [-0.1, -0.05) is 17.7 Å². The summed E-state index contributed by atoms with van der Waals surface area (Å²) in [7, 11) is 0. The van der Waals surface area contributed by atoms with Gasteiger partial charge in [-0.2, -0.15) is 0 Å². The molecule has 0 bridgehead atoms. The number of ether oxygens (including phenoxy) is 1. The van der Waals surface area contributed by atoms with Crippen LogP contribution in [0.25, 0.3) is 0 Å². The lowest BCUT2D eigenvalue weighted by atomic mass is 10.2. The van der Waals surface area contributed by atoms with Gasteiger partial charge in [0.25, 0.3) is 5.91 Å². The molecule has 15 heavy (non-hydrogen) atoms. The molecule has 1 heterocycles. The number of morpholine rings is 1. The standard InChI is InChI=1S/C11H12ClNO2/c1-8-2-3-9(12)10(6-8)13-4-5-15-7-11(13)14/h2-3,6H,4-5,7H2,1H3. The molecule has 0 unspecified atom stereocenters. The highest BCUT2D eigenvalue weighted by molar-refractivity contribution is 6.33. The summed E-state index contributed by atoms with van der Waals surface area (Å²) in [5, 5.41) is 0.607. The molecule has 0 atom stereocenters. The molecule has 80 valence electrons. The van der Waals surface area contributed by atoms with E-state index in [2.05, 4.69) is 0 Å². The van der Waals surface area contributed by atoms with E-state index in [-0.39, 0.29) is 12.5 Å². The maximum Gasteiger partial charge on any atom is 0.253 e. The van der Waals surface area contributed by atoms with Crippen LogP contribution in [0.2, 0.25) is 5.02 Å². The van der Waals surface area contributed by atoms with Gasteiger partial charge in [-0.05, 0) is 24.6 Å². The van der Waals surface area contributed by atoms with Crippen LogP contribution in [0, 0.1) is 6.92 Å². The normalized spacial score (nSPS) is 16.9. The highest BCUT2D eigenvalue weighted by Gasteiger charge is 2.21. The Morgan fingerprint density at radius 1 is 1.47 bits per heavy atom. The van der Waals surface area contributed by atoms with Crippen LogP contribution in [0.5, 0.6) is 0 Å². The predicted octanol–water partition coefficient (Wildman–Crippen LogP) is 2.01. The van der Waals surface area contributed by atoms with Gasteiger partial charge in [-0.15, -0.1) is 0 Å². The number of carbonyl (C=O) groups excluding carboxylic acids is 1. The van der Waals surface area contributed by atoms with Crippen molar-refractivity contribution >= 4 is 23.2 Å². The zero-order chi connectivity index (χ0) is 10.8. The molecular formula is C11H12ClNO2. The van der Waals surface area contributed by atoms with Gasteiger partial charge in [0, 0.05) is 6.54 Å². The molecule has 0 aliphatic carbocycles. The quantitative estimate of drug-likeness (QED) is 0.732. The molecule has 1 saturated heterocycles. The van der Waals surface area contributed by atoms with E-state index in [0.717, 1.165) is 11.3 Å². The van der Waals surface area contributed by atoms with Crippen molar-refractivity contribution in [1.82, 2.24) is 0 Å². The minimum Gasteiger partial charge on any atom is -0.370 e. The topological polar surface area (TPSA) is 29.5 Å². The van der Waals surface area contributed by atoms with E-state index in [1.54, 1.807) is 4.90 Å². The molecule has 1 fully saturated rings. The highest BCUT2D eigenvalue weighted by Crippen LogP contribution is 2.27. The summed E-state index contributed by atoms with van der Waals surface area (Å²) >= 11 is 6.06. The van der Waals surface area contributed by atoms with Gasteiger partial charge in [0.2, 0.25) is 0 Å². The second kappa shape index (κ2) is 4.21. The van der Waals surface area contributed by atoms with Crippen molar-refractivity contribution < 1.29 is 9.53 Å². The summed E-state index contributed by atoms with van der Waals surface area (Å²) in [6, 6.07) is 5.66. The van der Waals surface area contributed by atoms with Crippen LogP contribution >= 0.6 is 11.6 Å². The number of nitrogens with zero attached hydrogens (tertiary/aromatic N) is 1. The van der Waals surface area contributed by atoms with Crippen molar-refractivity contribution in [2.75, 3.05) is 24.7 Å². The number of hydrogen-bond donors (Lipinski definition) is 0. The van der Waals surface area contributed by atoms with Crippen LogP contribution in [-0.2, 0) is 9.53 Å². The third-order valence-electron chi connectivity index (χ3n) is 2.38. The molecule has 1 aliphatic rings. The Morgan fingerprint density at radius 2 is 2.27 bits per heavy atom. The molecule has 0 aromatic heterocycles. The second-order valence-corrected chi connectivity index (χ2v) is 3.96. The van der Waals surface area contributed by atoms with Gasteiger partial charge < -0.3 is 9.64 Å². The molecule has 1 aliphatic heterocycles. The smallest absolute Gasteiger partial charge is 0.253 e. The number of hydrogen-bond acceptors (Lipinski definition) is 2. The first-order valence-electron chi connectivity index (χ1n) is 4.83. The Kier molecular flexibility index (Phi) is 2.93. The minimum absolute atomic E-state index is 0.0336. The molecule has 0 spiro atoms. The molecule has 0 radical (unpaired) electrons. The van der Waals surface area contributed by atoms with Crippen molar-refractivity contribution in [2.24, 2.45) is 0 Å². The predicted molar refractivity (Wildman–Crippen MR) is 59.4 cm³/mol. The number of carbonyl (C=O) groups is 1. The minimum atomic E-state index is -0.0336. The van der Waals surface area contributed by atoms with Crippen molar-refractivity contribution in [3.8, 4) is 0 Å². The van der Waals surface area contributed by atoms with Crippen molar-refractivity contribution in [3.05, 3.63) is 28.8 Å². The Hall–Kier alpha value is -1.06. The number of anilines is 1. The average molecular weight is 226 g/mol. The third-order valence-corrected chi connectivity index (χ3v) is 2.70. The van der Waals surface area contributed by atoms with E-state index in [9.17, 15) is 4.79 Å². The molecule has 3 nitrogen and oxygen atoms in total. The zero-order valence-electron chi connectivity index (χ0n) is 8.50. The van der Waals surface area contributed by atoms with Crippen molar-refractivity contribution in [2.45, 2.75) is 6.92 Å². The van der Waals surface area contributed by atoms with Gasteiger partial charge in [0.15, 0.2) is 0 Å². The highest BCUT2D eigenvalue weighted by atomic mass is 35.5. The van der Waals surface area contributed by atoms with Gasteiger partial charge in [-0.3, -0.25) is 4.79 Å². The molecule has 0 saturated carbocycles. The number of benzene rings is 1. The number of halogens is 1. The van der Waals surface area contributed by atoms with E-state index in [1.165, 1.54) is 0 Å². The summed E-state index contributed by atoms with van der Waals surface area (Å²) in [6.45, 7) is 3.26. The fourth-order valence-electron chi connectivity index (χ4n) is 1.60. The van der Waals surface area contributed by atoms with Crippen LogP contribution in [0.15, 0.2) is 18.2 Å². The lowest BCUT2D eigenvalue weighted by Gasteiger charge is -2.27. The summed E-state index contributed by atoms with van der Waals surface area (Å²) in [4.78, 5) is 13.3. The lowest BCUT2D eigenvalue weighted by molar-refractivity contribution is -0.125. The zero-order valence-corrected chi connectivity index (χ0v) is 9.25. The molecular weight excluding hydrogens is 214 g/mol. The van der Waals surface area contributed by atoms with Crippen LogP contribution in [0.1, 0.15) is 5.56 Å². The maximum absolute atomic E-state index is 11.6. The van der Waals surface area contributed by atoms with Crippen LogP contribution in [-0.4, -0.2) is 25.7 Å². The Balaban J connectivity index is 2.34. The van der Waals surface area contributed by atoms with Gasteiger partial charge in [0.1, 0.15) is 6.61 Å². The van der Waals surface area contributed by atoms with E-state index in [1.807, 2.05) is 25.1 Å². The van der Waals surface area contributed by atoms with Crippen molar-refractivity contribution in [1.29, 1.82) is 0 Å². The molecule has 1 aromatic carbocycles. The Bertz CT molecular complexity index is 392. The van der Waals surface area contributed by atoms with E-state index in [4.69, 9.17) is 16.3 Å². The monoisotopic (exact) mass is 225 g/mol. The van der Waals surface area contributed by atoms with Crippen LogP contribution in [0.3, 0.4) is 0 Å². The second-order valence-electron chi connectivity index (χ2n) is 3.55. The van der Waals surface area contributed by atoms with Crippen LogP contribution < -0.4 is 4.90 Å². The summed E-state index contributed by atoms with van der Waals surface area (Å²) < 4.78 is 5.07. The Labute approximate surface area is 93.6 Å². The van der Waals surface area contributed by atoms with Crippen LogP contribution in [0.4, 0.5) is 5.69 Å². The summed E-state index contributed by atoms with van der Waals surface area (Å²) in [5.41, 5.74) is 1.87. The SMILES string of the molecule is Cc1ccc(Cl)c(N2CCOCC2=O)c1. The molecule has 1 aromatic rings. The fraction of sp³-hybridized carbons (Fsp3) is 0.364. The number of amides is 1. The number of rotatable bonds is 1. The largest absolute Gasteiger partial charge is 0.370 e. The van der Waals surface area contributed by atoms with E-state index < -0.39 is 0 Å². The van der Waals surface area contributed by atoms with Gasteiger partial charge in [-0.25, -0.2) is 0 Å². The van der Waals surface area contributed by atoms with E-state index in [0.29, 0.717) is 18.2 Å². The maximum atomic E-state index is 11.6. The Morgan fingerprint density at radius 3 is 3.00 bits per heavy atom.